The van der Waals surface area contributed by atoms with E-state index in [0.29, 0.717) is 28.2 Å². The Morgan fingerprint density at radius 2 is 1.63 bits per heavy atom. The first-order valence-electron chi connectivity index (χ1n) is 12.8. The minimum absolute atomic E-state index is 0.192. The molecule has 0 spiro atoms. The van der Waals surface area contributed by atoms with Gasteiger partial charge in [0.25, 0.3) is 10.0 Å². The van der Waals surface area contributed by atoms with Gasteiger partial charge in [-0.05, 0) is 73.1 Å². The van der Waals surface area contributed by atoms with Crippen LogP contribution >= 0.6 is 11.6 Å². The van der Waals surface area contributed by atoms with E-state index in [2.05, 4.69) is 23.7 Å². The van der Waals surface area contributed by atoms with E-state index in [0.717, 1.165) is 48.3 Å². The molecule has 0 aliphatic carbocycles. The number of halogens is 1. The summed E-state index contributed by atoms with van der Waals surface area (Å²) in [6.07, 6.45) is 2.51. The summed E-state index contributed by atoms with van der Waals surface area (Å²) in [5.74, 6) is 0.826. The maximum absolute atomic E-state index is 13.7. The number of hydrogen-bond donors (Lipinski definition) is 0. The van der Waals surface area contributed by atoms with E-state index in [1.54, 1.807) is 36.4 Å². The van der Waals surface area contributed by atoms with Crippen molar-refractivity contribution in [2.75, 3.05) is 26.2 Å². The Kier molecular flexibility index (Phi) is 7.70. The van der Waals surface area contributed by atoms with Gasteiger partial charge < -0.3 is 9.64 Å². The fourth-order valence-corrected chi connectivity index (χ4v) is 6.48. The molecule has 5 aromatic rings. The zero-order chi connectivity index (χ0) is 26.7. The van der Waals surface area contributed by atoms with Crippen LogP contribution in [0.4, 0.5) is 0 Å². The van der Waals surface area contributed by atoms with E-state index < -0.39 is 10.0 Å². The van der Waals surface area contributed by atoms with Crippen molar-refractivity contribution >= 4 is 43.6 Å². The highest BCUT2D eigenvalue weighted by Crippen LogP contribution is 2.37. The molecule has 0 aliphatic heterocycles. The molecule has 0 unspecified atom stereocenters. The van der Waals surface area contributed by atoms with Gasteiger partial charge in [0.15, 0.2) is 5.65 Å². The lowest BCUT2D eigenvalue weighted by Crippen LogP contribution is -2.25. The van der Waals surface area contributed by atoms with Gasteiger partial charge in [-0.25, -0.2) is 17.4 Å². The van der Waals surface area contributed by atoms with E-state index in [1.165, 1.54) is 10.2 Å². The number of benzene rings is 3. The minimum atomic E-state index is -3.89. The number of ether oxygens (including phenoxy) is 1. The fraction of sp³-hybridized carbons (Fsp3) is 0.233. The van der Waals surface area contributed by atoms with Crippen LogP contribution in [0.3, 0.4) is 0 Å². The van der Waals surface area contributed by atoms with Crippen LogP contribution in [0, 0.1) is 0 Å². The Labute approximate surface area is 228 Å². The first-order valence-corrected chi connectivity index (χ1v) is 14.6. The van der Waals surface area contributed by atoms with Crippen LogP contribution in [-0.2, 0) is 10.0 Å². The van der Waals surface area contributed by atoms with Crippen LogP contribution < -0.4 is 4.74 Å². The number of nitrogens with zero attached hydrogens (tertiary/aromatic N) is 3. The zero-order valence-corrected chi connectivity index (χ0v) is 23.0. The molecule has 0 fully saturated rings. The first-order chi connectivity index (χ1) is 18.4. The molecular formula is C30H30ClN3O3S. The topological polar surface area (TPSA) is 64.4 Å². The summed E-state index contributed by atoms with van der Waals surface area (Å²) in [5, 5.41) is 1.79. The number of hydrogen-bond acceptors (Lipinski definition) is 5. The Morgan fingerprint density at radius 1 is 0.921 bits per heavy atom. The second-order valence-corrected chi connectivity index (χ2v) is 11.3. The molecule has 6 nitrogen and oxygen atoms in total. The van der Waals surface area contributed by atoms with E-state index in [9.17, 15) is 8.42 Å². The van der Waals surface area contributed by atoms with Gasteiger partial charge in [0.1, 0.15) is 5.75 Å². The molecule has 0 saturated carbocycles. The number of fused-ring (bicyclic) bond motifs is 3. The molecule has 38 heavy (non-hydrogen) atoms. The highest BCUT2D eigenvalue weighted by Gasteiger charge is 2.25. The molecule has 0 bridgehead atoms. The van der Waals surface area contributed by atoms with E-state index >= 15 is 0 Å². The Hall–Kier alpha value is -3.39. The van der Waals surface area contributed by atoms with Crippen molar-refractivity contribution in [1.82, 2.24) is 13.9 Å². The fourth-order valence-electron chi connectivity index (χ4n) is 4.74. The van der Waals surface area contributed by atoms with Crippen LogP contribution in [0.15, 0.2) is 90.0 Å². The molecular weight excluding hydrogens is 518 g/mol. The van der Waals surface area contributed by atoms with Gasteiger partial charge in [0, 0.05) is 23.5 Å². The molecule has 0 amide bonds. The van der Waals surface area contributed by atoms with E-state index in [1.807, 2.05) is 42.5 Å². The smallest absolute Gasteiger partial charge is 0.269 e. The third-order valence-corrected chi connectivity index (χ3v) is 8.84. The Morgan fingerprint density at radius 3 is 2.34 bits per heavy atom. The molecule has 5 rings (SSSR count). The highest BCUT2D eigenvalue weighted by molar-refractivity contribution is 7.90. The van der Waals surface area contributed by atoms with Gasteiger partial charge in [-0.15, -0.1) is 0 Å². The maximum Gasteiger partial charge on any atom is 0.269 e. The van der Waals surface area contributed by atoms with Gasteiger partial charge in [-0.1, -0.05) is 61.8 Å². The third kappa shape index (κ3) is 5.01. The minimum Gasteiger partial charge on any atom is -0.494 e. The standard InChI is InChI=1S/C30H30ClN3O3S/c1-3-33(4-2)19-8-20-37-24-14-11-22(12-15-24)23-13-16-28-26(21-23)29-27(31)17-18-32-30(29)34(28)38(35,36)25-9-6-5-7-10-25/h5-7,9-18,21H,3-4,8,19-20H2,1-2H3. The summed E-state index contributed by atoms with van der Waals surface area (Å²) >= 11 is 6.60. The second kappa shape index (κ2) is 11.2. The SMILES string of the molecule is CCN(CC)CCCOc1ccc(-c2ccc3c(c2)c2c(Cl)ccnc2n3S(=O)(=O)c2ccccc2)cc1. The largest absolute Gasteiger partial charge is 0.494 e. The lowest BCUT2D eigenvalue weighted by Gasteiger charge is -2.17. The monoisotopic (exact) mass is 547 g/mol. The van der Waals surface area contributed by atoms with Gasteiger partial charge >= 0.3 is 0 Å². The second-order valence-electron chi connectivity index (χ2n) is 9.06. The van der Waals surface area contributed by atoms with E-state index in [-0.39, 0.29) is 4.90 Å². The molecule has 0 radical (unpaired) electrons. The normalized spacial score (nSPS) is 12.0. The molecule has 196 valence electrons. The summed E-state index contributed by atoms with van der Waals surface area (Å²) in [7, 11) is -3.89. The lowest BCUT2D eigenvalue weighted by molar-refractivity contribution is 0.249. The van der Waals surface area contributed by atoms with Crippen molar-refractivity contribution < 1.29 is 13.2 Å². The van der Waals surface area contributed by atoms with Crippen molar-refractivity contribution in [3.05, 3.63) is 90.1 Å². The van der Waals surface area contributed by atoms with Crippen LogP contribution in [0.1, 0.15) is 20.3 Å². The predicted octanol–water partition coefficient (Wildman–Crippen LogP) is 6.86. The maximum atomic E-state index is 13.7. The predicted molar refractivity (Wildman–Crippen MR) is 155 cm³/mol. The van der Waals surface area contributed by atoms with Gasteiger partial charge in [0.05, 0.1) is 22.0 Å². The summed E-state index contributed by atoms with van der Waals surface area (Å²) in [5.41, 5.74) is 2.78. The first kappa shape index (κ1) is 26.2. The van der Waals surface area contributed by atoms with E-state index in [4.69, 9.17) is 16.3 Å². The molecule has 2 aromatic heterocycles. The average molecular weight is 548 g/mol. The van der Waals surface area contributed by atoms with Crippen molar-refractivity contribution in [3.8, 4) is 16.9 Å². The molecule has 0 saturated heterocycles. The van der Waals surface area contributed by atoms with Gasteiger partial charge in [-0.2, -0.15) is 0 Å². The third-order valence-electron chi connectivity index (χ3n) is 6.81. The van der Waals surface area contributed by atoms with Crippen LogP contribution in [0.2, 0.25) is 5.02 Å². The summed E-state index contributed by atoms with van der Waals surface area (Å²) < 4.78 is 34.6. The number of pyridine rings is 1. The molecule has 2 heterocycles. The molecule has 0 N–H and O–H groups in total. The van der Waals surface area contributed by atoms with Crippen molar-refractivity contribution in [1.29, 1.82) is 0 Å². The molecule has 3 aromatic carbocycles. The number of aromatic nitrogens is 2. The average Bonchev–Trinajstić information content (AvgIpc) is 3.29. The quantitative estimate of drug-likeness (QED) is 0.179. The summed E-state index contributed by atoms with van der Waals surface area (Å²) in [6, 6.07) is 23.7. The van der Waals surface area contributed by atoms with Crippen molar-refractivity contribution in [2.24, 2.45) is 0 Å². The zero-order valence-electron chi connectivity index (χ0n) is 21.5. The van der Waals surface area contributed by atoms with Gasteiger partial charge in [-0.3, -0.25) is 0 Å². The van der Waals surface area contributed by atoms with Crippen LogP contribution in [0.5, 0.6) is 5.75 Å². The Balaban J connectivity index is 1.48. The van der Waals surface area contributed by atoms with Crippen molar-refractivity contribution in [2.45, 2.75) is 25.2 Å². The Bertz CT molecular complexity index is 1660. The highest BCUT2D eigenvalue weighted by atomic mass is 35.5. The number of rotatable bonds is 10. The molecule has 8 heteroatoms. The molecule has 0 atom stereocenters. The summed E-state index contributed by atoms with van der Waals surface area (Å²) in [4.78, 5) is 7.00. The summed E-state index contributed by atoms with van der Waals surface area (Å²) in [6.45, 7) is 8.13. The van der Waals surface area contributed by atoms with Crippen LogP contribution in [0.25, 0.3) is 33.1 Å². The van der Waals surface area contributed by atoms with Crippen LogP contribution in [-0.4, -0.2) is 48.5 Å². The lowest BCUT2D eigenvalue weighted by atomic mass is 10.0. The van der Waals surface area contributed by atoms with Gasteiger partial charge in [0.2, 0.25) is 0 Å². The van der Waals surface area contributed by atoms with Crippen molar-refractivity contribution in [3.63, 3.8) is 0 Å². The molecule has 0 aliphatic rings.